The number of nitrogens with one attached hydrogen (secondary N) is 2. The molecule has 2 rings (SSSR count). The van der Waals surface area contributed by atoms with Crippen LogP contribution in [0.15, 0.2) is 12.1 Å². The molecular weight excluding hydrogens is 291 g/mol. The van der Waals surface area contributed by atoms with E-state index in [9.17, 15) is 4.79 Å². The standard InChI is InChI=1S/C12H17ClN2OS.ClH/c1-12(5-2-6-14-7-12)8-15-11(16)9-3-4-10(13)17-9;/h3-4,14H,2,5-8H2,1H3,(H,15,16);1H. The second-order valence-corrected chi connectivity index (χ2v) is 6.59. The maximum Gasteiger partial charge on any atom is 0.261 e. The van der Waals surface area contributed by atoms with Gasteiger partial charge in [0.2, 0.25) is 0 Å². The van der Waals surface area contributed by atoms with E-state index in [2.05, 4.69) is 17.6 Å². The number of rotatable bonds is 3. The van der Waals surface area contributed by atoms with Crippen molar-refractivity contribution in [3.63, 3.8) is 0 Å². The lowest BCUT2D eigenvalue weighted by molar-refractivity contribution is 0.0929. The van der Waals surface area contributed by atoms with E-state index in [1.54, 1.807) is 12.1 Å². The number of piperidine rings is 1. The molecule has 0 radical (unpaired) electrons. The van der Waals surface area contributed by atoms with Gasteiger partial charge in [0.15, 0.2) is 0 Å². The Labute approximate surface area is 123 Å². The Hall–Kier alpha value is -0.290. The molecule has 0 aliphatic carbocycles. The van der Waals surface area contributed by atoms with Crippen LogP contribution in [0.4, 0.5) is 0 Å². The van der Waals surface area contributed by atoms with Gasteiger partial charge in [-0.05, 0) is 36.9 Å². The van der Waals surface area contributed by atoms with Gasteiger partial charge >= 0.3 is 0 Å². The van der Waals surface area contributed by atoms with Crippen molar-refractivity contribution in [3.05, 3.63) is 21.3 Å². The molecule has 1 aromatic rings. The predicted octanol–water partition coefficient (Wildman–Crippen LogP) is 2.94. The first-order valence-corrected chi connectivity index (χ1v) is 7.03. The molecule has 0 saturated carbocycles. The van der Waals surface area contributed by atoms with E-state index in [0.29, 0.717) is 15.8 Å². The molecule has 3 nitrogen and oxygen atoms in total. The Balaban J connectivity index is 0.00000162. The minimum Gasteiger partial charge on any atom is -0.351 e. The zero-order valence-electron chi connectivity index (χ0n) is 10.3. The van der Waals surface area contributed by atoms with E-state index >= 15 is 0 Å². The molecule has 0 bridgehead atoms. The Morgan fingerprint density at radius 2 is 2.39 bits per heavy atom. The van der Waals surface area contributed by atoms with Crippen LogP contribution in [-0.4, -0.2) is 25.5 Å². The maximum atomic E-state index is 11.9. The number of carbonyl (C=O) groups excluding carboxylic acids is 1. The van der Waals surface area contributed by atoms with Crippen molar-refractivity contribution in [1.29, 1.82) is 0 Å². The molecule has 6 heteroatoms. The minimum atomic E-state index is -0.0197. The fourth-order valence-corrected chi connectivity index (χ4v) is 3.05. The lowest BCUT2D eigenvalue weighted by atomic mass is 9.83. The average Bonchev–Trinajstić information content (AvgIpc) is 2.74. The molecule has 18 heavy (non-hydrogen) atoms. The van der Waals surface area contributed by atoms with Gasteiger partial charge in [0, 0.05) is 13.1 Å². The lowest BCUT2D eigenvalue weighted by Crippen LogP contribution is -2.45. The van der Waals surface area contributed by atoms with Crippen LogP contribution in [0, 0.1) is 5.41 Å². The van der Waals surface area contributed by atoms with Crippen LogP contribution < -0.4 is 10.6 Å². The zero-order chi connectivity index (χ0) is 12.3. The molecule has 1 aromatic heterocycles. The third kappa shape index (κ3) is 4.12. The summed E-state index contributed by atoms with van der Waals surface area (Å²) < 4.78 is 0.653. The van der Waals surface area contributed by atoms with Crippen LogP contribution >= 0.6 is 35.3 Å². The average molecular weight is 309 g/mol. The quantitative estimate of drug-likeness (QED) is 0.901. The van der Waals surface area contributed by atoms with Crippen molar-refractivity contribution in [1.82, 2.24) is 10.6 Å². The topological polar surface area (TPSA) is 41.1 Å². The van der Waals surface area contributed by atoms with Crippen LogP contribution in [0.3, 0.4) is 0 Å². The van der Waals surface area contributed by atoms with Crippen molar-refractivity contribution in [2.45, 2.75) is 19.8 Å². The number of amides is 1. The smallest absolute Gasteiger partial charge is 0.261 e. The summed E-state index contributed by atoms with van der Waals surface area (Å²) >= 11 is 7.13. The van der Waals surface area contributed by atoms with Gasteiger partial charge in [0.1, 0.15) is 0 Å². The zero-order valence-corrected chi connectivity index (χ0v) is 12.7. The van der Waals surface area contributed by atoms with E-state index in [1.807, 2.05) is 0 Å². The first-order chi connectivity index (χ1) is 8.09. The van der Waals surface area contributed by atoms with Gasteiger partial charge in [0.25, 0.3) is 5.91 Å². The molecule has 0 aromatic carbocycles. The van der Waals surface area contributed by atoms with Crippen molar-refractivity contribution < 1.29 is 4.79 Å². The molecule has 1 atom stereocenters. The molecular formula is C12H18Cl2N2OS. The van der Waals surface area contributed by atoms with Crippen molar-refractivity contribution in [2.75, 3.05) is 19.6 Å². The van der Waals surface area contributed by atoms with E-state index in [4.69, 9.17) is 11.6 Å². The Morgan fingerprint density at radius 1 is 1.61 bits per heavy atom. The summed E-state index contributed by atoms with van der Waals surface area (Å²) in [6, 6.07) is 3.52. The monoisotopic (exact) mass is 308 g/mol. The summed E-state index contributed by atoms with van der Waals surface area (Å²) in [7, 11) is 0. The van der Waals surface area contributed by atoms with Gasteiger partial charge in [-0.25, -0.2) is 0 Å². The normalized spacial score (nSPS) is 23.2. The predicted molar refractivity (Wildman–Crippen MR) is 79.1 cm³/mol. The van der Waals surface area contributed by atoms with Crippen LogP contribution in [0.2, 0.25) is 4.34 Å². The minimum absolute atomic E-state index is 0. The highest BCUT2D eigenvalue weighted by Gasteiger charge is 2.27. The molecule has 1 fully saturated rings. The van der Waals surface area contributed by atoms with Crippen molar-refractivity contribution >= 4 is 41.3 Å². The molecule has 1 unspecified atom stereocenters. The highest BCUT2D eigenvalue weighted by Crippen LogP contribution is 2.25. The number of halogens is 2. The number of hydrogen-bond donors (Lipinski definition) is 2. The van der Waals surface area contributed by atoms with E-state index in [1.165, 1.54) is 17.8 Å². The van der Waals surface area contributed by atoms with E-state index in [-0.39, 0.29) is 23.7 Å². The van der Waals surface area contributed by atoms with Crippen LogP contribution in [-0.2, 0) is 0 Å². The molecule has 1 amide bonds. The molecule has 1 aliphatic heterocycles. The van der Waals surface area contributed by atoms with Gasteiger partial charge in [-0.2, -0.15) is 0 Å². The van der Waals surface area contributed by atoms with Crippen LogP contribution in [0.1, 0.15) is 29.4 Å². The Kier molecular flexibility index (Phi) is 5.92. The Morgan fingerprint density at radius 3 is 2.94 bits per heavy atom. The van der Waals surface area contributed by atoms with Gasteiger partial charge in [-0.15, -0.1) is 23.7 Å². The molecule has 2 N–H and O–H groups in total. The van der Waals surface area contributed by atoms with Gasteiger partial charge in [-0.1, -0.05) is 18.5 Å². The fourth-order valence-electron chi connectivity index (χ4n) is 2.09. The Bertz CT molecular complexity index is 403. The molecule has 0 spiro atoms. The van der Waals surface area contributed by atoms with Gasteiger partial charge < -0.3 is 10.6 Å². The molecule has 1 saturated heterocycles. The summed E-state index contributed by atoms with van der Waals surface area (Å²) in [5.41, 5.74) is 0.176. The number of carbonyl (C=O) groups is 1. The third-order valence-corrected chi connectivity index (χ3v) is 4.39. The largest absolute Gasteiger partial charge is 0.351 e. The highest BCUT2D eigenvalue weighted by molar-refractivity contribution is 7.17. The third-order valence-electron chi connectivity index (χ3n) is 3.16. The maximum absolute atomic E-state index is 11.9. The van der Waals surface area contributed by atoms with Crippen LogP contribution in [0.25, 0.3) is 0 Å². The summed E-state index contributed by atoms with van der Waals surface area (Å²) in [6.07, 6.45) is 2.34. The summed E-state index contributed by atoms with van der Waals surface area (Å²) in [5, 5.41) is 6.37. The first kappa shape index (κ1) is 15.8. The van der Waals surface area contributed by atoms with Gasteiger partial charge in [-0.3, -0.25) is 4.79 Å². The molecule has 1 aliphatic rings. The fraction of sp³-hybridized carbons (Fsp3) is 0.583. The van der Waals surface area contributed by atoms with Crippen LogP contribution in [0.5, 0.6) is 0 Å². The van der Waals surface area contributed by atoms with Crippen molar-refractivity contribution in [3.8, 4) is 0 Å². The van der Waals surface area contributed by atoms with E-state index < -0.39 is 0 Å². The molecule has 102 valence electrons. The first-order valence-electron chi connectivity index (χ1n) is 5.83. The number of thiophene rings is 1. The van der Waals surface area contributed by atoms with E-state index in [0.717, 1.165) is 19.5 Å². The number of hydrogen-bond acceptors (Lipinski definition) is 3. The lowest BCUT2D eigenvalue weighted by Gasteiger charge is -2.34. The second kappa shape index (κ2) is 6.75. The summed E-state index contributed by atoms with van der Waals surface area (Å²) in [5.74, 6) is -0.0197. The summed E-state index contributed by atoms with van der Waals surface area (Å²) in [4.78, 5) is 12.5. The SMILES string of the molecule is CC1(CNC(=O)c2ccc(Cl)s2)CCCNC1.Cl. The summed E-state index contributed by atoms with van der Waals surface area (Å²) in [6.45, 7) is 4.98. The highest BCUT2D eigenvalue weighted by atomic mass is 35.5. The molecule has 2 heterocycles. The second-order valence-electron chi connectivity index (χ2n) is 4.88. The van der Waals surface area contributed by atoms with Gasteiger partial charge in [0.05, 0.1) is 9.21 Å². The van der Waals surface area contributed by atoms with Crippen molar-refractivity contribution in [2.24, 2.45) is 5.41 Å².